The highest BCUT2D eigenvalue weighted by molar-refractivity contribution is 7.26. The summed E-state index contributed by atoms with van der Waals surface area (Å²) in [5, 5.41) is 7.32. The van der Waals surface area contributed by atoms with E-state index in [1.807, 2.05) is 23.6 Å². The minimum Gasteiger partial charge on any atom is -0.455 e. The van der Waals surface area contributed by atoms with Crippen molar-refractivity contribution in [3.63, 3.8) is 0 Å². The van der Waals surface area contributed by atoms with Crippen molar-refractivity contribution in [2.45, 2.75) is 27.2 Å². The van der Waals surface area contributed by atoms with Crippen LogP contribution in [0.1, 0.15) is 26.3 Å². The molecular weight excluding hydrogens is 446 g/mol. The number of rotatable bonds is 2. The fraction of sp³-hybridized carbons (Fsp3) is 0.156. The van der Waals surface area contributed by atoms with Gasteiger partial charge in [0.05, 0.1) is 10.4 Å². The molecule has 3 aromatic heterocycles. The molecule has 0 amide bonds. The summed E-state index contributed by atoms with van der Waals surface area (Å²) in [6.07, 6.45) is 2.99. The smallest absolute Gasteiger partial charge is 0.145 e. The van der Waals surface area contributed by atoms with Crippen LogP contribution < -0.4 is 0 Å². The highest BCUT2D eigenvalue weighted by Gasteiger charge is 2.21. The monoisotopic (exact) mass is 471 g/mol. The zero-order valence-electron chi connectivity index (χ0n) is 20.1. The summed E-state index contributed by atoms with van der Waals surface area (Å²) >= 11 is 1.87. The van der Waals surface area contributed by atoms with Crippen molar-refractivity contribution in [2.24, 2.45) is 5.41 Å². The first kappa shape index (κ1) is 20.7. The lowest BCUT2D eigenvalue weighted by molar-refractivity contribution is 0.413. The molecular formula is C32H25NOS. The summed E-state index contributed by atoms with van der Waals surface area (Å²) in [6, 6.07) is 28.1. The van der Waals surface area contributed by atoms with Gasteiger partial charge in [-0.15, -0.1) is 11.3 Å². The van der Waals surface area contributed by atoms with Gasteiger partial charge in [0.15, 0.2) is 0 Å². The Bertz CT molecular complexity index is 1920. The summed E-state index contributed by atoms with van der Waals surface area (Å²) in [4.78, 5) is 4.95. The zero-order valence-corrected chi connectivity index (χ0v) is 20.9. The van der Waals surface area contributed by atoms with E-state index in [0.29, 0.717) is 0 Å². The van der Waals surface area contributed by atoms with Crippen LogP contribution in [-0.2, 0) is 6.42 Å². The highest BCUT2D eigenvalue weighted by Crippen LogP contribution is 2.45. The number of fused-ring (bicyclic) bond motifs is 8. The van der Waals surface area contributed by atoms with Crippen molar-refractivity contribution in [3.8, 4) is 11.3 Å². The van der Waals surface area contributed by atoms with Crippen LogP contribution in [0, 0.1) is 5.41 Å². The van der Waals surface area contributed by atoms with Gasteiger partial charge in [0.1, 0.15) is 11.2 Å². The number of pyridine rings is 1. The maximum Gasteiger partial charge on any atom is 0.145 e. The fourth-order valence-corrected chi connectivity index (χ4v) is 6.75. The second-order valence-corrected chi connectivity index (χ2v) is 11.6. The van der Waals surface area contributed by atoms with Crippen LogP contribution >= 0.6 is 11.3 Å². The molecule has 0 spiro atoms. The molecule has 0 atom stereocenters. The molecule has 3 heteroatoms. The molecule has 7 rings (SSSR count). The first-order valence-corrected chi connectivity index (χ1v) is 12.9. The lowest BCUT2D eigenvalue weighted by Crippen LogP contribution is -2.08. The number of furan rings is 1. The average molecular weight is 472 g/mol. The van der Waals surface area contributed by atoms with Crippen LogP contribution in [0.15, 0.2) is 89.5 Å². The van der Waals surface area contributed by atoms with E-state index in [1.165, 1.54) is 41.9 Å². The van der Waals surface area contributed by atoms with E-state index in [9.17, 15) is 0 Å². The lowest BCUT2D eigenvalue weighted by Gasteiger charge is -2.18. The van der Waals surface area contributed by atoms with Crippen molar-refractivity contribution in [1.29, 1.82) is 0 Å². The Balaban J connectivity index is 1.60. The maximum atomic E-state index is 6.52. The molecule has 0 saturated carbocycles. The number of hydrogen-bond acceptors (Lipinski definition) is 3. The van der Waals surface area contributed by atoms with Crippen molar-refractivity contribution >= 4 is 64.2 Å². The SMILES string of the molecule is CC(C)(C)Cc1cccc2c1sc1c(-c3cc4ccccc4c4c3oc3ccccc34)nccc12. The Morgan fingerprint density at radius 1 is 0.771 bits per heavy atom. The Morgan fingerprint density at radius 3 is 2.37 bits per heavy atom. The van der Waals surface area contributed by atoms with Crippen LogP contribution in [0.25, 0.3) is 64.1 Å². The van der Waals surface area contributed by atoms with E-state index in [-0.39, 0.29) is 5.41 Å². The summed E-state index contributed by atoms with van der Waals surface area (Å²) in [6.45, 7) is 6.92. The molecule has 0 aliphatic heterocycles. The minimum absolute atomic E-state index is 0.227. The molecule has 35 heavy (non-hydrogen) atoms. The Hall–Kier alpha value is -3.69. The van der Waals surface area contributed by atoms with Gasteiger partial charge in [-0.05, 0) is 46.4 Å². The van der Waals surface area contributed by atoms with E-state index in [1.54, 1.807) is 0 Å². The normalized spacial score (nSPS) is 12.5. The lowest BCUT2D eigenvalue weighted by atomic mass is 9.88. The third-order valence-electron chi connectivity index (χ3n) is 6.84. The van der Waals surface area contributed by atoms with E-state index in [0.717, 1.165) is 34.2 Å². The third kappa shape index (κ3) is 3.19. The fourth-order valence-electron chi connectivity index (χ4n) is 5.44. The van der Waals surface area contributed by atoms with Gasteiger partial charge >= 0.3 is 0 Å². The van der Waals surface area contributed by atoms with E-state index < -0.39 is 0 Å². The van der Waals surface area contributed by atoms with Crippen LogP contribution in [-0.4, -0.2) is 4.98 Å². The van der Waals surface area contributed by atoms with Gasteiger partial charge in [-0.1, -0.05) is 81.4 Å². The molecule has 0 N–H and O–H groups in total. The number of thiophene rings is 1. The summed E-state index contributed by atoms with van der Waals surface area (Å²) < 4.78 is 9.12. The van der Waals surface area contributed by atoms with E-state index >= 15 is 0 Å². The predicted molar refractivity (Wildman–Crippen MR) is 151 cm³/mol. The zero-order chi connectivity index (χ0) is 23.7. The molecule has 2 nitrogen and oxygen atoms in total. The molecule has 0 radical (unpaired) electrons. The molecule has 0 saturated heterocycles. The standard InChI is InChI=1S/C32H25NOS/c1-32(2,3)18-20-10-8-13-22-23-15-16-33-28(31(23)35-30(20)22)25-17-19-9-4-5-11-21(19)27-24-12-6-7-14-26(24)34-29(25)27/h4-17H,18H2,1-3H3. The molecule has 3 heterocycles. The second kappa shape index (κ2) is 7.40. The Kier molecular flexibility index (Phi) is 4.37. The minimum atomic E-state index is 0.227. The quantitative estimate of drug-likeness (QED) is 0.251. The predicted octanol–water partition coefficient (Wildman–Crippen LogP) is 9.76. The first-order valence-electron chi connectivity index (χ1n) is 12.1. The summed E-state index contributed by atoms with van der Waals surface area (Å²) in [5.74, 6) is 0. The van der Waals surface area contributed by atoms with Gasteiger partial charge in [-0.2, -0.15) is 0 Å². The maximum absolute atomic E-state index is 6.52. The average Bonchev–Trinajstić information content (AvgIpc) is 3.42. The van der Waals surface area contributed by atoms with E-state index in [2.05, 4.69) is 93.6 Å². The van der Waals surface area contributed by atoms with Gasteiger partial charge in [0, 0.05) is 38.0 Å². The number of nitrogens with zero attached hydrogens (tertiary/aromatic N) is 1. The van der Waals surface area contributed by atoms with Gasteiger partial charge in [0.2, 0.25) is 0 Å². The van der Waals surface area contributed by atoms with Crippen molar-refractivity contribution in [2.75, 3.05) is 0 Å². The van der Waals surface area contributed by atoms with Crippen LogP contribution in [0.4, 0.5) is 0 Å². The Morgan fingerprint density at radius 2 is 1.51 bits per heavy atom. The largest absolute Gasteiger partial charge is 0.455 e. The number of aromatic nitrogens is 1. The molecule has 4 aromatic carbocycles. The van der Waals surface area contributed by atoms with Crippen molar-refractivity contribution < 1.29 is 4.42 Å². The third-order valence-corrected chi connectivity index (χ3v) is 8.14. The van der Waals surface area contributed by atoms with Crippen molar-refractivity contribution in [1.82, 2.24) is 4.98 Å². The second-order valence-electron chi connectivity index (χ2n) is 10.6. The molecule has 7 aromatic rings. The van der Waals surface area contributed by atoms with Gasteiger partial charge in [-0.25, -0.2) is 0 Å². The van der Waals surface area contributed by atoms with Gasteiger partial charge in [-0.3, -0.25) is 4.98 Å². The van der Waals surface area contributed by atoms with Crippen LogP contribution in [0.5, 0.6) is 0 Å². The number of benzene rings is 4. The molecule has 0 fully saturated rings. The molecule has 0 aliphatic rings. The number of para-hydroxylation sites is 1. The van der Waals surface area contributed by atoms with Gasteiger partial charge in [0.25, 0.3) is 0 Å². The molecule has 170 valence electrons. The molecule has 0 aliphatic carbocycles. The first-order chi connectivity index (χ1) is 17.0. The molecule has 0 bridgehead atoms. The van der Waals surface area contributed by atoms with Crippen molar-refractivity contribution in [3.05, 3.63) is 90.6 Å². The highest BCUT2D eigenvalue weighted by atomic mass is 32.1. The summed E-state index contributed by atoms with van der Waals surface area (Å²) in [5.41, 5.74) is 5.53. The topological polar surface area (TPSA) is 26.0 Å². The van der Waals surface area contributed by atoms with Crippen LogP contribution in [0.2, 0.25) is 0 Å². The number of hydrogen-bond donors (Lipinski definition) is 0. The van der Waals surface area contributed by atoms with Crippen LogP contribution in [0.3, 0.4) is 0 Å². The molecule has 0 unspecified atom stereocenters. The Labute approximate surface area is 207 Å². The summed E-state index contributed by atoms with van der Waals surface area (Å²) in [7, 11) is 0. The van der Waals surface area contributed by atoms with Gasteiger partial charge < -0.3 is 4.42 Å². The van der Waals surface area contributed by atoms with E-state index in [4.69, 9.17) is 9.40 Å².